The Morgan fingerprint density at radius 3 is 2.58 bits per heavy atom. The Hall–Kier alpha value is -0.530. The second kappa shape index (κ2) is 10.3. The van der Waals surface area contributed by atoms with Crippen molar-refractivity contribution < 1.29 is 0 Å². The van der Waals surface area contributed by atoms with Gasteiger partial charge in [-0.1, -0.05) is 69.3 Å². The van der Waals surface area contributed by atoms with E-state index in [-0.39, 0.29) is 0 Å². The molecule has 0 aliphatic heterocycles. The maximum atomic E-state index is 6.27. The largest absolute Gasteiger partial charge is 0.317 e. The average Bonchev–Trinajstić information content (AvgIpc) is 2.43. The summed E-state index contributed by atoms with van der Waals surface area (Å²) < 4.78 is 0. The van der Waals surface area contributed by atoms with E-state index in [4.69, 9.17) is 11.6 Å². The van der Waals surface area contributed by atoms with E-state index in [9.17, 15) is 0 Å². The van der Waals surface area contributed by atoms with Crippen LogP contribution in [-0.2, 0) is 6.42 Å². The molecular weight excluding hydrogens is 254 g/mol. The van der Waals surface area contributed by atoms with Crippen LogP contribution < -0.4 is 5.32 Å². The molecule has 0 aliphatic rings. The SMILES string of the molecule is CCCCCCC(CNCC)Cc1ccccc1Cl. The van der Waals surface area contributed by atoms with Crippen LogP contribution in [0.25, 0.3) is 0 Å². The molecule has 1 unspecified atom stereocenters. The van der Waals surface area contributed by atoms with E-state index in [2.05, 4.69) is 31.3 Å². The van der Waals surface area contributed by atoms with Gasteiger partial charge in [-0.25, -0.2) is 0 Å². The van der Waals surface area contributed by atoms with Crippen LogP contribution in [0.2, 0.25) is 5.02 Å². The van der Waals surface area contributed by atoms with Gasteiger partial charge in [-0.05, 0) is 43.5 Å². The number of rotatable bonds is 10. The van der Waals surface area contributed by atoms with Crippen LogP contribution in [-0.4, -0.2) is 13.1 Å². The minimum atomic E-state index is 0.705. The highest BCUT2D eigenvalue weighted by molar-refractivity contribution is 6.31. The molecule has 1 atom stereocenters. The fourth-order valence-corrected chi connectivity index (χ4v) is 2.67. The molecule has 2 heteroatoms. The van der Waals surface area contributed by atoms with E-state index >= 15 is 0 Å². The Kier molecular flexibility index (Phi) is 8.94. The van der Waals surface area contributed by atoms with Gasteiger partial charge in [0.1, 0.15) is 0 Å². The molecule has 108 valence electrons. The molecule has 0 aliphatic carbocycles. The molecular formula is C17H28ClN. The number of hydrogen-bond donors (Lipinski definition) is 1. The lowest BCUT2D eigenvalue weighted by Crippen LogP contribution is -2.24. The Bertz CT molecular complexity index is 338. The van der Waals surface area contributed by atoms with Gasteiger partial charge in [0.2, 0.25) is 0 Å². The first-order valence-electron chi connectivity index (χ1n) is 7.72. The number of benzene rings is 1. The highest BCUT2D eigenvalue weighted by Gasteiger charge is 2.11. The van der Waals surface area contributed by atoms with Crippen LogP contribution in [0.1, 0.15) is 51.5 Å². The summed E-state index contributed by atoms with van der Waals surface area (Å²) in [7, 11) is 0. The Labute approximate surface area is 123 Å². The van der Waals surface area contributed by atoms with Crippen LogP contribution in [0.3, 0.4) is 0 Å². The molecule has 19 heavy (non-hydrogen) atoms. The van der Waals surface area contributed by atoms with Crippen molar-refractivity contribution >= 4 is 11.6 Å². The second-order valence-electron chi connectivity index (χ2n) is 5.32. The van der Waals surface area contributed by atoms with Gasteiger partial charge in [-0.3, -0.25) is 0 Å². The molecule has 0 bridgehead atoms. The van der Waals surface area contributed by atoms with E-state index in [1.165, 1.54) is 37.7 Å². The predicted molar refractivity (Wildman–Crippen MR) is 85.9 cm³/mol. The molecule has 1 N–H and O–H groups in total. The summed E-state index contributed by atoms with van der Waals surface area (Å²) in [6, 6.07) is 8.25. The summed E-state index contributed by atoms with van der Waals surface area (Å²) >= 11 is 6.27. The highest BCUT2D eigenvalue weighted by atomic mass is 35.5. The molecule has 1 aromatic carbocycles. The van der Waals surface area contributed by atoms with Gasteiger partial charge in [0, 0.05) is 5.02 Å². The van der Waals surface area contributed by atoms with Crippen molar-refractivity contribution in [3.63, 3.8) is 0 Å². The zero-order valence-electron chi connectivity index (χ0n) is 12.4. The number of halogens is 1. The van der Waals surface area contributed by atoms with Gasteiger partial charge in [0.25, 0.3) is 0 Å². The normalized spacial score (nSPS) is 12.6. The number of unbranched alkanes of at least 4 members (excludes halogenated alkanes) is 3. The summed E-state index contributed by atoms with van der Waals surface area (Å²) in [5.74, 6) is 0.705. The van der Waals surface area contributed by atoms with Crippen molar-refractivity contribution in [3.05, 3.63) is 34.9 Å². The van der Waals surface area contributed by atoms with Gasteiger partial charge in [0.05, 0.1) is 0 Å². The van der Waals surface area contributed by atoms with Crippen molar-refractivity contribution in [2.75, 3.05) is 13.1 Å². The van der Waals surface area contributed by atoms with Crippen molar-refractivity contribution in [1.82, 2.24) is 5.32 Å². The first kappa shape index (κ1) is 16.5. The van der Waals surface area contributed by atoms with Crippen LogP contribution in [0.15, 0.2) is 24.3 Å². The minimum Gasteiger partial charge on any atom is -0.317 e. The van der Waals surface area contributed by atoms with Gasteiger partial charge >= 0.3 is 0 Å². The standard InChI is InChI=1S/C17H28ClN/c1-3-5-6-7-10-15(14-19-4-2)13-16-11-8-9-12-17(16)18/h8-9,11-12,15,19H,3-7,10,13-14H2,1-2H3. The zero-order chi connectivity index (χ0) is 13.9. The summed E-state index contributed by atoms with van der Waals surface area (Å²) in [6.07, 6.45) is 7.77. The molecule has 1 rings (SSSR count). The molecule has 0 amide bonds. The summed E-state index contributed by atoms with van der Waals surface area (Å²) in [5.41, 5.74) is 1.29. The maximum Gasteiger partial charge on any atom is 0.0438 e. The second-order valence-corrected chi connectivity index (χ2v) is 5.73. The average molecular weight is 282 g/mol. The Morgan fingerprint density at radius 1 is 1.11 bits per heavy atom. The van der Waals surface area contributed by atoms with Gasteiger partial charge < -0.3 is 5.32 Å². The van der Waals surface area contributed by atoms with Crippen molar-refractivity contribution in [2.45, 2.75) is 52.4 Å². The lowest BCUT2D eigenvalue weighted by Gasteiger charge is -2.18. The zero-order valence-corrected chi connectivity index (χ0v) is 13.2. The smallest absolute Gasteiger partial charge is 0.0438 e. The fraction of sp³-hybridized carbons (Fsp3) is 0.647. The van der Waals surface area contributed by atoms with E-state index in [0.29, 0.717) is 5.92 Å². The molecule has 0 spiro atoms. The summed E-state index contributed by atoms with van der Waals surface area (Å²) in [6.45, 7) is 6.59. The van der Waals surface area contributed by atoms with Gasteiger partial charge in [-0.15, -0.1) is 0 Å². The molecule has 0 heterocycles. The van der Waals surface area contributed by atoms with Crippen molar-refractivity contribution in [1.29, 1.82) is 0 Å². The van der Waals surface area contributed by atoms with Crippen LogP contribution in [0, 0.1) is 5.92 Å². The van der Waals surface area contributed by atoms with E-state index < -0.39 is 0 Å². The Balaban J connectivity index is 2.46. The third-order valence-corrected chi connectivity index (χ3v) is 3.98. The maximum absolute atomic E-state index is 6.27. The lowest BCUT2D eigenvalue weighted by molar-refractivity contribution is 0.426. The monoisotopic (exact) mass is 281 g/mol. The summed E-state index contributed by atoms with van der Waals surface area (Å²) in [5, 5.41) is 4.40. The molecule has 1 aromatic rings. The predicted octanol–water partition coefficient (Wildman–Crippen LogP) is 5.08. The van der Waals surface area contributed by atoms with Crippen molar-refractivity contribution in [2.24, 2.45) is 5.92 Å². The molecule has 0 saturated carbocycles. The highest BCUT2D eigenvalue weighted by Crippen LogP contribution is 2.21. The first-order valence-corrected chi connectivity index (χ1v) is 8.09. The van der Waals surface area contributed by atoms with Crippen molar-refractivity contribution in [3.8, 4) is 0 Å². The lowest BCUT2D eigenvalue weighted by atomic mass is 9.93. The third-order valence-electron chi connectivity index (χ3n) is 3.62. The van der Waals surface area contributed by atoms with E-state index in [1.807, 2.05) is 12.1 Å². The topological polar surface area (TPSA) is 12.0 Å². The Morgan fingerprint density at radius 2 is 1.89 bits per heavy atom. The molecule has 0 radical (unpaired) electrons. The molecule has 0 aromatic heterocycles. The van der Waals surface area contributed by atoms with Gasteiger partial charge in [-0.2, -0.15) is 0 Å². The molecule has 0 fully saturated rings. The first-order chi connectivity index (χ1) is 9.27. The van der Waals surface area contributed by atoms with Gasteiger partial charge in [0.15, 0.2) is 0 Å². The quantitative estimate of drug-likeness (QED) is 0.590. The van der Waals surface area contributed by atoms with E-state index in [0.717, 1.165) is 24.5 Å². The minimum absolute atomic E-state index is 0.705. The molecule has 1 nitrogen and oxygen atoms in total. The fourth-order valence-electron chi connectivity index (χ4n) is 2.46. The molecule has 0 saturated heterocycles. The van der Waals surface area contributed by atoms with Crippen LogP contribution >= 0.6 is 11.6 Å². The van der Waals surface area contributed by atoms with Crippen LogP contribution in [0.5, 0.6) is 0 Å². The van der Waals surface area contributed by atoms with Crippen LogP contribution in [0.4, 0.5) is 0 Å². The van der Waals surface area contributed by atoms with E-state index in [1.54, 1.807) is 0 Å². The third kappa shape index (κ3) is 6.98. The number of nitrogens with one attached hydrogen (secondary N) is 1. The summed E-state index contributed by atoms with van der Waals surface area (Å²) in [4.78, 5) is 0. The number of hydrogen-bond acceptors (Lipinski definition) is 1.